The minimum Gasteiger partial charge on any atom is -0.354 e. The summed E-state index contributed by atoms with van der Waals surface area (Å²) in [6.07, 6.45) is 2.68. The van der Waals surface area contributed by atoms with Crippen LogP contribution < -0.4 is 5.32 Å². The van der Waals surface area contributed by atoms with Gasteiger partial charge in [-0.2, -0.15) is 0 Å². The van der Waals surface area contributed by atoms with Crippen molar-refractivity contribution in [3.8, 4) is 11.3 Å². The van der Waals surface area contributed by atoms with Gasteiger partial charge in [0.1, 0.15) is 11.3 Å². The maximum atomic E-state index is 14.8. The monoisotopic (exact) mass is 466 g/mol. The number of imidazole rings is 1. The van der Waals surface area contributed by atoms with Crippen molar-refractivity contribution in [3.63, 3.8) is 0 Å². The second kappa shape index (κ2) is 7.99. The van der Waals surface area contributed by atoms with Crippen molar-refractivity contribution in [2.75, 3.05) is 31.2 Å². The second-order valence-electron chi connectivity index (χ2n) is 8.17. The van der Waals surface area contributed by atoms with Crippen LogP contribution in [0.5, 0.6) is 0 Å². The van der Waals surface area contributed by atoms with Crippen LogP contribution in [0, 0.1) is 18.7 Å². The van der Waals surface area contributed by atoms with Crippen molar-refractivity contribution in [2.45, 2.75) is 26.8 Å². The topological polar surface area (TPSA) is 93.0 Å². The zero-order valence-corrected chi connectivity index (χ0v) is 19.3. The van der Waals surface area contributed by atoms with Gasteiger partial charge in [0.25, 0.3) is 0 Å². The number of fused-ring (bicyclic) bond motifs is 1. The summed E-state index contributed by atoms with van der Waals surface area (Å²) < 4.78 is 41.2. The average Bonchev–Trinajstić information content (AvgIpc) is 2.97. The van der Waals surface area contributed by atoms with Gasteiger partial charge in [-0.15, -0.1) is 0 Å². The molecule has 1 aromatic carbocycles. The zero-order valence-electron chi connectivity index (χ0n) is 17.7. The molecule has 11 heteroatoms. The van der Waals surface area contributed by atoms with E-state index in [1.54, 1.807) is 0 Å². The van der Waals surface area contributed by atoms with Gasteiger partial charge in [0.15, 0.2) is 5.82 Å². The molecule has 1 saturated heterocycles. The number of benzene rings is 1. The van der Waals surface area contributed by atoms with Gasteiger partial charge in [0.05, 0.1) is 28.7 Å². The lowest BCUT2D eigenvalue weighted by atomic mass is 10.0. The number of sulfonamides is 1. The van der Waals surface area contributed by atoms with Crippen LogP contribution in [0.4, 0.5) is 10.3 Å². The molecule has 1 fully saturated rings. The predicted octanol–water partition coefficient (Wildman–Crippen LogP) is 3.48. The molecule has 2 aromatic heterocycles. The fourth-order valence-corrected chi connectivity index (χ4v) is 5.03. The Kier molecular flexibility index (Phi) is 5.65. The van der Waals surface area contributed by atoms with Gasteiger partial charge < -0.3 is 9.88 Å². The molecule has 0 aliphatic carbocycles. The number of hydrogen-bond acceptors (Lipinski definition) is 6. The third-order valence-corrected chi connectivity index (χ3v) is 6.91. The van der Waals surface area contributed by atoms with Crippen LogP contribution in [0.2, 0.25) is 5.02 Å². The summed E-state index contributed by atoms with van der Waals surface area (Å²) in [5, 5.41) is 3.44. The van der Waals surface area contributed by atoms with Gasteiger partial charge in [0.2, 0.25) is 16.0 Å². The number of anilines is 1. The van der Waals surface area contributed by atoms with Crippen molar-refractivity contribution >= 4 is 38.6 Å². The quantitative estimate of drug-likeness (QED) is 0.597. The van der Waals surface area contributed by atoms with E-state index in [9.17, 15) is 12.8 Å². The van der Waals surface area contributed by atoms with Crippen molar-refractivity contribution in [1.82, 2.24) is 23.8 Å². The molecule has 0 bridgehead atoms. The molecule has 0 amide bonds. The van der Waals surface area contributed by atoms with E-state index < -0.39 is 15.8 Å². The molecular formula is C20H24ClFN6O2S. The normalized spacial score (nSPS) is 15.6. The number of aromatic nitrogens is 4. The first-order chi connectivity index (χ1) is 14.5. The van der Waals surface area contributed by atoms with E-state index >= 15 is 0 Å². The van der Waals surface area contributed by atoms with Gasteiger partial charge in [-0.25, -0.2) is 32.1 Å². The molecule has 0 unspecified atom stereocenters. The maximum absolute atomic E-state index is 14.8. The highest BCUT2D eigenvalue weighted by Gasteiger charge is 2.32. The summed E-state index contributed by atoms with van der Waals surface area (Å²) in [6.45, 7) is 7.34. The first kappa shape index (κ1) is 21.9. The number of hydrogen-bond donors (Lipinski definition) is 1. The van der Waals surface area contributed by atoms with E-state index in [4.69, 9.17) is 11.6 Å². The van der Waals surface area contributed by atoms with E-state index in [1.807, 2.05) is 31.4 Å². The van der Waals surface area contributed by atoms with Crippen LogP contribution >= 0.6 is 11.6 Å². The molecular weight excluding hydrogens is 443 g/mol. The van der Waals surface area contributed by atoms with E-state index in [2.05, 4.69) is 20.3 Å². The van der Waals surface area contributed by atoms with Crippen LogP contribution in [-0.4, -0.2) is 58.1 Å². The van der Waals surface area contributed by atoms with E-state index in [1.165, 1.54) is 22.8 Å². The Morgan fingerprint density at radius 3 is 2.65 bits per heavy atom. The lowest BCUT2D eigenvalue weighted by Crippen LogP contribution is -2.51. The van der Waals surface area contributed by atoms with E-state index in [0.29, 0.717) is 52.9 Å². The van der Waals surface area contributed by atoms with Crippen molar-refractivity contribution in [1.29, 1.82) is 0 Å². The summed E-state index contributed by atoms with van der Waals surface area (Å²) in [6, 6.07) is 3.34. The molecule has 3 aromatic rings. The summed E-state index contributed by atoms with van der Waals surface area (Å²) in [5.41, 5.74) is 1.95. The number of nitrogens with one attached hydrogen (secondary N) is 1. The van der Waals surface area contributed by atoms with Gasteiger partial charge >= 0.3 is 0 Å². The highest BCUT2D eigenvalue weighted by molar-refractivity contribution is 7.88. The Labute approximate surface area is 185 Å². The SMILES string of the molecule is Cc1nc2c(F)cc(-c3nc(NCC4CN(S(C)(=O)=O)C4)ncc3Cl)cc2n1C(C)C. The van der Waals surface area contributed by atoms with Gasteiger partial charge in [-0.3, -0.25) is 0 Å². The molecule has 3 heterocycles. The molecule has 0 saturated carbocycles. The highest BCUT2D eigenvalue weighted by atomic mass is 35.5. The van der Waals surface area contributed by atoms with Crippen molar-refractivity contribution in [3.05, 3.63) is 35.0 Å². The summed E-state index contributed by atoms with van der Waals surface area (Å²) in [5.74, 6) is 0.830. The molecule has 4 rings (SSSR count). The second-order valence-corrected chi connectivity index (χ2v) is 10.6. The largest absolute Gasteiger partial charge is 0.354 e. The van der Waals surface area contributed by atoms with Gasteiger partial charge in [-0.1, -0.05) is 11.6 Å². The van der Waals surface area contributed by atoms with Gasteiger partial charge in [-0.05, 0) is 32.9 Å². The molecule has 1 N–H and O–H groups in total. The molecule has 8 nitrogen and oxygen atoms in total. The number of nitrogens with zero attached hydrogens (tertiary/aromatic N) is 5. The van der Waals surface area contributed by atoms with Gasteiger partial charge in [0, 0.05) is 37.2 Å². The Balaban J connectivity index is 1.60. The fourth-order valence-electron chi connectivity index (χ4n) is 3.87. The third-order valence-electron chi connectivity index (χ3n) is 5.40. The molecule has 1 aliphatic rings. The first-order valence-electron chi connectivity index (χ1n) is 9.94. The van der Waals surface area contributed by atoms with Crippen molar-refractivity contribution < 1.29 is 12.8 Å². The zero-order chi connectivity index (χ0) is 22.5. The molecule has 1 aliphatic heterocycles. The Bertz CT molecular complexity index is 1250. The van der Waals surface area contributed by atoms with Crippen LogP contribution in [0.15, 0.2) is 18.3 Å². The number of rotatable bonds is 6. The first-order valence-corrected chi connectivity index (χ1v) is 12.2. The average molecular weight is 467 g/mol. The molecule has 0 atom stereocenters. The minimum atomic E-state index is -3.15. The predicted molar refractivity (Wildman–Crippen MR) is 119 cm³/mol. The smallest absolute Gasteiger partial charge is 0.223 e. The Morgan fingerprint density at radius 2 is 2.00 bits per heavy atom. The fraction of sp³-hybridized carbons (Fsp3) is 0.450. The molecule has 0 spiro atoms. The highest BCUT2D eigenvalue weighted by Crippen LogP contribution is 2.32. The summed E-state index contributed by atoms with van der Waals surface area (Å²) in [4.78, 5) is 13.0. The summed E-state index contributed by atoms with van der Waals surface area (Å²) >= 11 is 6.34. The number of aryl methyl sites for hydroxylation is 1. The molecule has 0 radical (unpaired) electrons. The third kappa shape index (κ3) is 4.24. The van der Waals surface area contributed by atoms with E-state index in [-0.39, 0.29) is 12.0 Å². The minimum absolute atomic E-state index is 0.117. The Hall–Kier alpha value is -2.30. The molecule has 31 heavy (non-hydrogen) atoms. The molecule has 166 valence electrons. The summed E-state index contributed by atoms with van der Waals surface area (Å²) in [7, 11) is -3.15. The van der Waals surface area contributed by atoms with Crippen LogP contribution in [0.1, 0.15) is 25.7 Å². The van der Waals surface area contributed by atoms with Crippen molar-refractivity contribution in [2.24, 2.45) is 5.92 Å². The maximum Gasteiger partial charge on any atom is 0.223 e. The Morgan fingerprint density at radius 1 is 1.29 bits per heavy atom. The van der Waals surface area contributed by atoms with Crippen LogP contribution in [0.3, 0.4) is 0 Å². The number of halogens is 2. The van der Waals surface area contributed by atoms with Crippen LogP contribution in [-0.2, 0) is 10.0 Å². The lowest BCUT2D eigenvalue weighted by molar-refractivity contribution is 0.213. The standard InChI is InChI=1S/C20H24ClFN6O2S/c1-11(2)28-12(3)25-19-16(22)5-14(6-17(19)28)18-15(21)8-24-20(26-18)23-7-13-9-27(10-13)31(4,29)30/h5-6,8,11,13H,7,9-10H2,1-4H3,(H,23,24,26). The lowest BCUT2D eigenvalue weighted by Gasteiger charge is -2.37. The van der Waals surface area contributed by atoms with E-state index in [0.717, 1.165) is 5.82 Å². The van der Waals surface area contributed by atoms with Crippen LogP contribution in [0.25, 0.3) is 22.3 Å².